The van der Waals surface area contributed by atoms with Crippen molar-refractivity contribution in [3.8, 4) is 0 Å². The van der Waals surface area contributed by atoms with Crippen LogP contribution in [0.2, 0.25) is 5.02 Å². The first-order chi connectivity index (χ1) is 12.5. The number of amides is 2. The van der Waals surface area contributed by atoms with Crippen LogP contribution in [0.5, 0.6) is 0 Å². The molecule has 0 unspecified atom stereocenters. The number of carbonyl (C=O) groups is 2. The van der Waals surface area contributed by atoms with Crippen molar-refractivity contribution in [1.29, 1.82) is 0 Å². The van der Waals surface area contributed by atoms with Gasteiger partial charge in [0, 0.05) is 38.7 Å². The van der Waals surface area contributed by atoms with Crippen molar-refractivity contribution in [3.63, 3.8) is 0 Å². The van der Waals surface area contributed by atoms with E-state index in [-0.39, 0.29) is 23.8 Å². The summed E-state index contributed by atoms with van der Waals surface area (Å²) in [7, 11) is 0. The monoisotopic (exact) mass is 380 g/mol. The molecule has 1 aromatic carbocycles. The van der Waals surface area contributed by atoms with E-state index < -0.39 is 6.10 Å². The van der Waals surface area contributed by atoms with Crippen LogP contribution in [0.15, 0.2) is 24.3 Å². The molecule has 0 spiro atoms. The molecule has 0 bridgehead atoms. The molecule has 2 saturated heterocycles. The number of piperidine rings is 1. The highest BCUT2D eigenvalue weighted by Crippen LogP contribution is 2.25. The van der Waals surface area contributed by atoms with Crippen LogP contribution in [0.1, 0.15) is 30.1 Å². The van der Waals surface area contributed by atoms with Gasteiger partial charge in [-0.1, -0.05) is 23.7 Å². The minimum Gasteiger partial charge on any atom is -0.388 e. The fourth-order valence-corrected chi connectivity index (χ4v) is 3.92. The van der Waals surface area contributed by atoms with Gasteiger partial charge in [-0.3, -0.25) is 9.59 Å². The van der Waals surface area contributed by atoms with Gasteiger partial charge in [0.1, 0.15) is 6.10 Å². The van der Waals surface area contributed by atoms with Gasteiger partial charge in [0.15, 0.2) is 0 Å². The van der Waals surface area contributed by atoms with Gasteiger partial charge >= 0.3 is 0 Å². The molecule has 0 saturated carbocycles. The third kappa shape index (κ3) is 4.03. The Kier molecular flexibility index (Phi) is 6.16. The average molecular weight is 381 g/mol. The second-order valence-electron chi connectivity index (χ2n) is 6.85. The number of ether oxygens (including phenoxy) is 1. The highest BCUT2D eigenvalue weighted by Gasteiger charge is 2.38. The lowest BCUT2D eigenvalue weighted by molar-refractivity contribution is -0.136. The van der Waals surface area contributed by atoms with E-state index in [0.717, 1.165) is 0 Å². The topological polar surface area (TPSA) is 70.1 Å². The maximum Gasteiger partial charge on any atom is 0.255 e. The van der Waals surface area contributed by atoms with E-state index in [1.165, 1.54) is 0 Å². The molecule has 0 aromatic heterocycles. The van der Waals surface area contributed by atoms with Crippen LogP contribution in [0.4, 0.5) is 0 Å². The number of halogens is 1. The molecule has 0 aliphatic carbocycles. The van der Waals surface area contributed by atoms with Crippen molar-refractivity contribution in [2.45, 2.75) is 32.0 Å². The van der Waals surface area contributed by atoms with Gasteiger partial charge in [0.25, 0.3) is 5.91 Å². The first-order valence-corrected chi connectivity index (χ1v) is 9.51. The lowest BCUT2D eigenvalue weighted by atomic mass is 9.95. The standard InChI is InChI=1S/C19H25ClN2O4/c1-2-26-17-12-22(11-16(17)23)18(24)13-7-9-21(10-8-13)19(25)14-5-3-4-6-15(14)20/h3-6,13,16-17,23H,2,7-12H2,1H3/t16-,17-/m0/s1. The van der Waals surface area contributed by atoms with Gasteiger partial charge in [-0.05, 0) is 31.9 Å². The Bertz CT molecular complexity index is 661. The Hall–Kier alpha value is -1.63. The molecule has 3 rings (SSSR count). The van der Waals surface area contributed by atoms with Gasteiger partial charge in [-0.2, -0.15) is 0 Å². The minimum atomic E-state index is -0.624. The molecule has 1 aromatic rings. The number of hydrogen-bond donors (Lipinski definition) is 1. The number of benzene rings is 1. The molecular formula is C19H25ClN2O4. The van der Waals surface area contributed by atoms with Gasteiger partial charge in [0.05, 0.1) is 16.7 Å². The highest BCUT2D eigenvalue weighted by atomic mass is 35.5. The summed E-state index contributed by atoms with van der Waals surface area (Å²) in [5.41, 5.74) is 0.501. The summed E-state index contributed by atoms with van der Waals surface area (Å²) in [4.78, 5) is 28.8. The smallest absolute Gasteiger partial charge is 0.255 e. The fourth-order valence-electron chi connectivity index (χ4n) is 3.71. The van der Waals surface area contributed by atoms with E-state index in [4.69, 9.17) is 16.3 Å². The van der Waals surface area contributed by atoms with Crippen LogP contribution >= 0.6 is 11.6 Å². The molecule has 7 heteroatoms. The average Bonchev–Trinajstić information content (AvgIpc) is 3.02. The van der Waals surface area contributed by atoms with Crippen molar-refractivity contribution in [2.75, 3.05) is 32.8 Å². The van der Waals surface area contributed by atoms with Gasteiger partial charge in [0.2, 0.25) is 5.91 Å². The second kappa shape index (κ2) is 8.37. The number of likely N-dealkylation sites (tertiary alicyclic amines) is 2. The summed E-state index contributed by atoms with van der Waals surface area (Å²) in [6.45, 7) is 4.22. The molecule has 6 nitrogen and oxygen atoms in total. The largest absolute Gasteiger partial charge is 0.388 e. The van der Waals surface area contributed by atoms with E-state index >= 15 is 0 Å². The van der Waals surface area contributed by atoms with Gasteiger partial charge < -0.3 is 19.6 Å². The Balaban J connectivity index is 1.55. The summed E-state index contributed by atoms with van der Waals surface area (Å²) in [5, 5.41) is 10.5. The maximum absolute atomic E-state index is 12.7. The molecule has 0 radical (unpaired) electrons. The normalized spacial score (nSPS) is 24.1. The zero-order valence-corrected chi connectivity index (χ0v) is 15.7. The summed E-state index contributed by atoms with van der Waals surface area (Å²) >= 11 is 6.11. The quantitative estimate of drug-likeness (QED) is 0.864. The number of carbonyl (C=O) groups excluding carboxylic acids is 2. The number of hydrogen-bond acceptors (Lipinski definition) is 4. The SMILES string of the molecule is CCO[C@H]1CN(C(=O)C2CCN(C(=O)c3ccccc3Cl)CC2)C[C@@H]1O. The lowest BCUT2D eigenvalue weighted by Gasteiger charge is -2.33. The Morgan fingerprint density at radius 1 is 1.19 bits per heavy atom. The van der Waals surface area contributed by atoms with Crippen molar-refractivity contribution >= 4 is 23.4 Å². The third-order valence-electron chi connectivity index (χ3n) is 5.17. The van der Waals surface area contributed by atoms with E-state index in [1.807, 2.05) is 6.92 Å². The number of aliphatic hydroxyl groups is 1. The zero-order chi connectivity index (χ0) is 18.7. The third-order valence-corrected chi connectivity index (χ3v) is 5.49. The van der Waals surface area contributed by atoms with Crippen LogP contribution in [-0.4, -0.2) is 71.7 Å². The lowest BCUT2D eigenvalue weighted by Crippen LogP contribution is -2.44. The highest BCUT2D eigenvalue weighted by molar-refractivity contribution is 6.33. The van der Waals surface area contributed by atoms with Crippen LogP contribution in [0.3, 0.4) is 0 Å². The van der Waals surface area contributed by atoms with E-state index in [0.29, 0.717) is 56.2 Å². The molecule has 2 aliphatic heterocycles. The second-order valence-corrected chi connectivity index (χ2v) is 7.26. The predicted molar refractivity (Wildman–Crippen MR) is 98.1 cm³/mol. The summed E-state index contributed by atoms with van der Waals surface area (Å²) < 4.78 is 5.48. The molecule has 2 heterocycles. The van der Waals surface area contributed by atoms with Crippen LogP contribution in [0.25, 0.3) is 0 Å². The minimum absolute atomic E-state index is 0.0519. The number of rotatable bonds is 4. The number of aliphatic hydroxyl groups excluding tert-OH is 1. The van der Waals surface area contributed by atoms with E-state index in [1.54, 1.807) is 34.1 Å². The molecular weight excluding hydrogens is 356 g/mol. The summed E-state index contributed by atoms with van der Waals surface area (Å²) in [6, 6.07) is 7.02. The van der Waals surface area contributed by atoms with Crippen molar-refractivity contribution in [3.05, 3.63) is 34.9 Å². The Labute approximate surface area is 158 Å². The maximum atomic E-state index is 12.7. The van der Waals surface area contributed by atoms with E-state index in [2.05, 4.69) is 0 Å². The predicted octanol–water partition coefficient (Wildman–Crippen LogP) is 1.80. The molecule has 2 amide bonds. The van der Waals surface area contributed by atoms with Crippen LogP contribution in [0, 0.1) is 5.92 Å². The Morgan fingerprint density at radius 3 is 2.54 bits per heavy atom. The number of β-amino-alcohol motifs (C(OH)–C–C–N with tert-alkyl or cyclic N) is 1. The first-order valence-electron chi connectivity index (χ1n) is 9.13. The van der Waals surface area contributed by atoms with E-state index in [9.17, 15) is 14.7 Å². The molecule has 26 heavy (non-hydrogen) atoms. The molecule has 142 valence electrons. The van der Waals surface area contributed by atoms with Crippen molar-refractivity contribution in [2.24, 2.45) is 5.92 Å². The van der Waals surface area contributed by atoms with Crippen molar-refractivity contribution in [1.82, 2.24) is 9.80 Å². The molecule has 2 fully saturated rings. The summed E-state index contributed by atoms with van der Waals surface area (Å²) in [5.74, 6) is -0.150. The van der Waals surface area contributed by atoms with Crippen LogP contribution < -0.4 is 0 Å². The first kappa shape index (κ1) is 19.1. The Morgan fingerprint density at radius 2 is 1.88 bits per heavy atom. The number of nitrogens with zero attached hydrogens (tertiary/aromatic N) is 2. The zero-order valence-electron chi connectivity index (χ0n) is 14.9. The van der Waals surface area contributed by atoms with Crippen LogP contribution in [-0.2, 0) is 9.53 Å². The fraction of sp³-hybridized carbons (Fsp3) is 0.579. The van der Waals surface area contributed by atoms with Crippen molar-refractivity contribution < 1.29 is 19.4 Å². The molecule has 1 N–H and O–H groups in total. The summed E-state index contributed by atoms with van der Waals surface area (Å²) in [6.07, 6.45) is 0.327. The molecule has 2 aliphatic rings. The van der Waals surface area contributed by atoms with Gasteiger partial charge in [-0.25, -0.2) is 0 Å². The molecule has 2 atom stereocenters. The van der Waals surface area contributed by atoms with Gasteiger partial charge in [-0.15, -0.1) is 0 Å².